The van der Waals surface area contributed by atoms with E-state index in [0.717, 1.165) is 29.4 Å². The molecule has 0 saturated carbocycles. The van der Waals surface area contributed by atoms with Gasteiger partial charge in [0.1, 0.15) is 11.5 Å². The lowest BCUT2D eigenvalue weighted by molar-refractivity contribution is -0.0628. The molecule has 0 heterocycles. The largest absolute Gasteiger partial charge is 0.463 e. The highest BCUT2D eigenvalue weighted by Gasteiger charge is 2.22. The van der Waals surface area contributed by atoms with Crippen LogP contribution in [-0.2, 0) is 22.7 Å². The molecule has 2 aromatic rings. The lowest BCUT2D eigenvalue weighted by Gasteiger charge is -2.23. The minimum atomic E-state index is -0.450. The maximum Gasteiger partial charge on any atom is 0.197 e. The Kier molecular flexibility index (Phi) is 10.6. The molecular weight excluding hydrogens is 614 g/mol. The van der Waals surface area contributed by atoms with Gasteiger partial charge in [-0.05, 0) is 108 Å². The van der Waals surface area contributed by atoms with Crippen molar-refractivity contribution in [2.45, 2.75) is 53.5 Å². The maximum absolute atomic E-state index is 9.77. The van der Waals surface area contributed by atoms with Gasteiger partial charge >= 0.3 is 0 Å². The van der Waals surface area contributed by atoms with Gasteiger partial charge in [0.25, 0.3) is 0 Å². The molecule has 0 aromatic heterocycles. The Morgan fingerprint density at radius 1 is 0.733 bits per heavy atom. The Balaban J connectivity index is 2.70. The third-order valence-corrected chi connectivity index (χ3v) is 5.84. The summed E-state index contributed by atoms with van der Waals surface area (Å²) in [5.41, 5.74) is 3.01. The van der Waals surface area contributed by atoms with Crippen LogP contribution in [0.15, 0.2) is 24.3 Å². The second-order valence-corrected chi connectivity index (χ2v) is 8.83. The first-order chi connectivity index (χ1) is 14.3. The van der Waals surface area contributed by atoms with Crippen molar-refractivity contribution in [2.75, 3.05) is 13.2 Å². The fourth-order valence-corrected chi connectivity index (χ4v) is 4.63. The molecule has 2 aromatic carbocycles. The molecule has 2 atom stereocenters. The second kappa shape index (κ2) is 12.4. The first kappa shape index (κ1) is 25.6. The summed E-state index contributed by atoms with van der Waals surface area (Å²) in [5, 5.41) is 19.5. The molecule has 2 unspecified atom stereocenters. The maximum atomic E-state index is 9.77. The summed E-state index contributed by atoms with van der Waals surface area (Å²) >= 11 is 4.38. The van der Waals surface area contributed by atoms with Gasteiger partial charge in [0.05, 0.1) is 20.4 Å². The van der Waals surface area contributed by atoms with Gasteiger partial charge in [0.2, 0.25) is 0 Å². The van der Waals surface area contributed by atoms with Crippen LogP contribution in [0.5, 0.6) is 11.5 Å². The first-order valence-corrected chi connectivity index (χ1v) is 11.9. The van der Waals surface area contributed by atoms with E-state index in [1.807, 2.05) is 52.0 Å². The number of halogens is 2. The van der Waals surface area contributed by atoms with Crippen molar-refractivity contribution in [3.8, 4) is 22.6 Å². The standard InChI is InChI=1S/C22H28I2O6/c1-5-27-13(3)29-21-17(7-15(11-25)9-19(21)23)18-8-16(12-26)10-20(24)22(18)30-14(4)28-6-2/h7-10,13-14,25-26H,5-6,11-12H2,1-4H3. The lowest BCUT2D eigenvalue weighted by atomic mass is 9.99. The van der Waals surface area contributed by atoms with Crippen molar-refractivity contribution in [1.29, 1.82) is 0 Å². The fourth-order valence-electron chi connectivity index (χ4n) is 2.99. The van der Waals surface area contributed by atoms with Crippen LogP contribution in [0.25, 0.3) is 11.1 Å². The van der Waals surface area contributed by atoms with E-state index in [1.165, 1.54) is 0 Å². The molecule has 0 saturated heterocycles. The predicted molar refractivity (Wildman–Crippen MR) is 133 cm³/mol. The second-order valence-electron chi connectivity index (χ2n) is 6.51. The van der Waals surface area contributed by atoms with Crippen molar-refractivity contribution in [3.63, 3.8) is 0 Å². The van der Waals surface area contributed by atoms with Crippen LogP contribution in [-0.4, -0.2) is 36.0 Å². The van der Waals surface area contributed by atoms with E-state index in [9.17, 15) is 10.2 Å². The summed E-state index contributed by atoms with van der Waals surface area (Å²) in [6.45, 7) is 8.35. The van der Waals surface area contributed by atoms with E-state index < -0.39 is 12.6 Å². The predicted octanol–water partition coefficient (Wildman–Crippen LogP) is 5.07. The molecule has 0 spiro atoms. The average molecular weight is 642 g/mol. The van der Waals surface area contributed by atoms with E-state index in [2.05, 4.69) is 45.2 Å². The Hall–Kier alpha value is -0.660. The van der Waals surface area contributed by atoms with Crippen molar-refractivity contribution in [1.82, 2.24) is 0 Å². The number of hydrogen-bond acceptors (Lipinski definition) is 6. The third kappa shape index (κ3) is 6.67. The van der Waals surface area contributed by atoms with E-state index in [0.29, 0.717) is 24.7 Å². The van der Waals surface area contributed by atoms with Crippen molar-refractivity contribution in [2.24, 2.45) is 0 Å². The Labute approximate surface area is 205 Å². The number of hydrogen-bond donors (Lipinski definition) is 2. The van der Waals surface area contributed by atoms with Crippen LogP contribution < -0.4 is 9.47 Å². The summed E-state index contributed by atoms with van der Waals surface area (Å²) in [4.78, 5) is 0. The molecule has 0 aliphatic carbocycles. The third-order valence-electron chi connectivity index (χ3n) is 4.23. The summed E-state index contributed by atoms with van der Waals surface area (Å²) < 4.78 is 25.1. The average Bonchev–Trinajstić information content (AvgIpc) is 2.71. The quantitative estimate of drug-likeness (QED) is 0.264. The molecule has 0 amide bonds. The molecule has 0 bridgehead atoms. The molecule has 0 aliphatic rings. The van der Waals surface area contributed by atoms with Gasteiger partial charge in [-0.1, -0.05) is 0 Å². The number of aliphatic hydroxyl groups excluding tert-OH is 2. The molecule has 2 rings (SSSR count). The van der Waals surface area contributed by atoms with Gasteiger partial charge in [0, 0.05) is 24.3 Å². The van der Waals surface area contributed by atoms with Gasteiger partial charge in [-0.15, -0.1) is 0 Å². The number of aliphatic hydroxyl groups is 2. The molecule has 2 N–H and O–H groups in total. The van der Waals surface area contributed by atoms with Crippen LogP contribution in [0.1, 0.15) is 38.8 Å². The van der Waals surface area contributed by atoms with Gasteiger partial charge < -0.3 is 29.2 Å². The summed E-state index contributed by atoms with van der Waals surface area (Å²) in [7, 11) is 0. The van der Waals surface area contributed by atoms with E-state index in [4.69, 9.17) is 18.9 Å². The molecule has 0 fully saturated rings. The highest BCUT2D eigenvalue weighted by Crippen LogP contribution is 2.43. The molecular formula is C22H28I2O6. The van der Waals surface area contributed by atoms with Gasteiger partial charge in [-0.25, -0.2) is 0 Å². The topological polar surface area (TPSA) is 77.4 Å². The Morgan fingerprint density at radius 2 is 1.10 bits per heavy atom. The zero-order valence-corrected chi connectivity index (χ0v) is 21.9. The fraction of sp³-hybridized carbons (Fsp3) is 0.455. The smallest absolute Gasteiger partial charge is 0.197 e. The zero-order valence-electron chi connectivity index (χ0n) is 17.6. The molecule has 0 radical (unpaired) electrons. The van der Waals surface area contributed by atoms with Crippen LogP contribution in [0, 0.1) is 7.14 Å². The zero-order chi connectivity index (χ0) is 22.3. The minimum Gasteiger partial charge on any atom is -0.463 e. The molecule has 8 heteroatoms. The SMILES string of the molecule is CCOC(C)Oc1c(I)cc(CO)cc1-c1cc(CO)cc(I)c1OC(C)OCC. The van der Waals surface area contributed by atoms with Crippen LogP contribution in [0.2, 0.25) is 0 Å². The van der Waals surface area contributed by atoms with E-state index >= 15 is 0 Å². The highest BCUT2D eigenvalue weighted by atomic mass is 127. The van der Waals surface area contributed by atoms with Gasteiger partial charge in [-0.2, -0.15) is 0 Å². The van der Waals surface area contributed by atoms with Gasteiger partial charge in [-0.3, -0.25) is 0 Å². The monoisotopic (exact) mass is 642 g/mol. The Morgan fingerprint density at radius 3 is 1.40 bits per heavy atom. The minimum absolute atomic E-state index is 0.105. The highest BCUT2D eigenvalue weighted by molar-refractivity contribution is 14.1. The summed E-state index contributed by atoms with van der Waals surface area (Å²) in [6.07, 6.45) is -0.900. The normalized spacial score (nSPS) is 13.2. The molecule has 0 aliphatic heterocycles. The van der Waals surface area contributed by atoms with Crippen molar-refractivity contribution in [3.05, 3.63) is 42.5 Å². The molecule has 30 heavy (non-hydrogen) atoms. The Bertz CT molecular complexity index is 773. The van der Waals surface area contributed by atoms with E-state index in [1.54, 1.807) is 0 Å². The van der Waals surface area contributed by atoms with Crippen LogP contribution >= 0.6 is 45.2 Å². The molecule has 6 nitrogen and oxygen atoms in total. The number of rotatable bonds is 11. The van der Waals surface area contributed by atoms with Gasteiger partial charge in [0.15, 0.2) is 12.6 Å². The molecule has 166 valence electrons. The van der Waals surface area contributed by atoms with E-state index in [-0.39, 0.29) is 13.2 Å². The first-order valence-electron chi connectivity index (χ1n) is 9.77. The van der Waals surface area contributed by atoms with Crippen LogP contribution in [0.3, 0.4) is 0 Å². The number of ether oxygens (including phenoxy) is 4. The van der Waals surface area contributed by atoms with Crippen molar-refractivity contribution < 1.29 is 29.2 Å². The summed E-state index contributed by atoms with van der Waals surface area (Å²) in [6, 6.07) is 7.51. The number of benzene rings is 2. The van der Waals surface area contributed by atoms with Crippen LogP contribution in [0.4, 0.5) is 0 Å². The van der Waals surface area contributed by atoms with Crippen molar-refractivity contribution >= 4 is 45.2 Å². The lowest BCUT2D eigenvalue weighted by Crippen LogP contribution is -2.18. The summed E-state index contributed by atoms with van der Waals surface area (Å²) in [5.74, 6) is 1.27.